The van der Waals surface area contributed by atoms with Gasteiger partial charge in [-0.2, -0.15) is 0 Å². The van der Waals surface area contributed by atoms with Crippen LogP contribution < -0.4 is 10.6 Å². The molecule has 13 nitrogen and oxygen atoms in total. The highest BCUT2D eigenvalue weighted by atomic mass is 16.5. The van der Waals surface area contributed by atoms with Crippen LogP contribution in [0.2, 0.25) is 0 Å². The van der Waals surface area contributed by atoms with Crippen molar-refractivity contribution in [2.75, 3.05) is 27.3 Å². The van der Waals surface area contributed by atoms with E-state index >= 15 is 0 Å². The third kappa shape index (κ3) is 8.14. The summed E-state index contributed by atoms with van der Waals surface area (Å²) in [7, 11) is 2.59. The maximum Gasteiger partial charge on any atom is 0.407 e. The minimum atomic E-state index is -0.684. The Morgan fingerprint density at radius 2 is 1.11 bits per heavy atom. The van der Waals surface area contributed by atoms with Gasteiger partial charge in [0, 0.05) is 24.5 Å². The highest BCUT2D eigenvalue weighted by Gasteiger charge is 2.38. The summed E-state index contributed by atoms with van der Waals surface area (Å²) in [6.45, 7) is 8.86. The maximum atomic E-state index is 13.5. The number of benzene rings is 2. The number of carbonyl (C=O) groups is 4. The first-order chi connectivity index (χ1) is 26.0. The van der Waals surface area contributed by atoms with Gasteiger partial charge in [-0.3, -0.25) is 9.59 Å². The predicted molar refractivity (Wildman–Crippen MR) is 205 cm³/mol. The van der Waals surface area contributed by atoms with Crippen molar-refractivity contribution in [3.05, 3.63) is 78.4 Å². The number of nitrogens with one attached hydrogen (secondary N) is 4. The average Bonchev–Trinajstić information content (AvgIpc) is 4.02. The van der Waals surface area contributed by atoms with Crippen molar-refractivity contribution < 1.29 is 28.7 Å². The smallest absolute Gasteiger partial charge is 0.407 e. The normalized spacial score (nSPS) is 18.1. The van der Waals surface area contributed by atoms with E-state index in [-0.39, 0.29) is 35.7 Å². The number of ether oxygens (including phenoxy) is 2. The first-order valence-corrected chi connectivity index (χ1v) is 18.7. The molecule has 4 aromatic rings. The second-order valence-corrected chi connectivity index (χ2v) is 14.8. The van der Waals surface area contributed by atoms with E-state index in [1.165, 1.54) is 14.2 Å². The fraction of sp³-hybridized carbons (Fsp3) is 0.439. The molecular weight excluding hydrogens is 686 g/mol. The second kappa shape index (κ2) is 16.6. The van der Waals surface area contributed by atoms with Crippen LogP contribution in [0.3, 0.4) is 0 Å². The van der Waals surface area contributed by atoms with Crippen LogP contribution in [0.5, 0.6) is 0 Å². The molecule has 4 atom stereocenters. The summed E-state index contributed by atoms with van der Waals surface area (Å²) >= 11 is 0. The largest absolute Gasteiger partial charge is 0.453 e. The Morgan fingerprint density at radius 1 is 0.648 bits per heavy atom. The van der Waals surface area contributed by atoms with E-state index in [1.54, 1.807) is 6.20 Å². The molecule has 2 saturated heterocycles. The van der Waals surface area contributed by atoms with Crippen molar-refractivity contribution in [2.45, 2.75) is 77.5 Å². The predicted octanol–water partition coefficient (Wildman–Crippen LogP) is 6.83. The summed E-state index contributed by atoms with van der Waals surface area (Å²) < 4.78 is 9.51. The molecule has 6 rings (SSSR count). The number of hydrogen-bond acceptors (Lipinski definition) is 7. The number of amides is 4. The van der Waals surface area contributed by atoms with Gasteiger partial charge in [0.2, 0.25) is 11.8 Å². The number of carbonyl (C=O) groups excluding carboxylic acids is 4. The van der Waals surface area contributed by atoms with Gasteiger partial charge < -0.3 is 39.9 Å². The van der Waals surface area contributed by atoms with Crippen LogP contribution in [0, 0.1) is 11.8 Å². The molecular formula is C41H51N7O6. The van der Waals surface area contributed by atoms with Crippen LogP contribution in [0.15, 0.2) is 66.9 Å². The van der Waals surface area contributed by atoms with Crippen molar-refractivity contribution in [3.8, 4) is 33.6 Å². The Kier molecular flexibility index (Phi) is 11.7. The monoisotopic (exact) mass is 737 g/mol. The van der Waals surface area contributed by atoms with Gasteiger partial charge in [0.25, 0.3) is 0 Å². The van der Waals surface area contributed by atoms with Crippen LogP contribution in [-0.2, 0) is 19.1 Å². The lowest BCUT2D eigenvalue weighted by molar-refractivity contribution is -0.136. The number of H-pyrrole nitrogens is 2. The number of rotatable bonds is 11. The zero-order chi connectivity index (χ0) is 38.5. The number of hydrogen-bond donors (Lipinski definition) is 4. The first-order valence-electron chi connectivity index (χ1n) is 18.7. The number of aromatic amines is 2. The molecule has 0 bridgehead atoms. The molecule has 54 heavy (non-hydrogen) atoms. The topological polar surface area (TPSA) is 162 Å². The second-order valence-electron chi connectivity index (χ2n) is 14.8. The van der Waals surface area contributed by atoms with Crippen molar-refractivity contribution in [3.63, 3.8) is 0 Å². The van der Waals surface area contributed by atoms with Gasteiger partial charge in [-0.05, 0) is 71.9 Å². The first kappa shape index (κ1) is 38.1. The summed E-state index contributed by atoms with van der Waals surface area (Å²) in [6, 6.07) is 19.1. The summed E-state index contributed by atoms with van der Waals surface area (Å²) in [5.41, 5.74) is 6.98. The van der Waals surface area contributed by atoms with Crippen molar-refractivity contribution >= 4 is 24.0 Å². The number of nitrogens with zero attached hydrogens (tertiary/aromatic N) is 3. The van der Waals surface area contributed by atoms with Gasteiger partial charge >= 0.3 is 12.2 Å². The lowest BCUT2D eigenvalue weighted by atomic mass is 10.0. The van der Waals surface area contributed by atoms with Crippen LogP contribution in [0.25, 0.3) is 33.6 Å². The molecule has 4 heterocycles. The van der Waals surface area contributed by atoms with Gasteiger partial charge in [0.15, 0.2) is 0 Å². The van der Waals surface area contributed by atoms with E-state index in [0.717, 1.165) is 70.8 Å². The van der Waals surface area contributed by atoms with Crippen LogP contribution in [0.4, 0.5) is 9.59 Å². The van der Waals surface area contributed by atoms with E-state index in [2.05, 4.69) is 74.1 Å². The van der Waals surface area contributed by atoms with Crippen molar-refractivity contribution in [2.24, 2.45) is 11.8 Å². The summed E-state index contributed by atoms with van der Waals surface area (Å²) in [6.07, 6.45) is 3.94. The Balaban J connectivity index is 1.11. The fourth-order valence-corrected chi connectivity index (χ4v) is 7.54. The maximum absolute atomic E-state index is 13.5. The average molecular weight is 738 g/mol. The molecule has 2 aromatic heterocycles. The highest BCUT2D eigenvalue weighted by Crippen LogP contribution is 2.36. The Morgan fingerprint density at radius 3 is 1.61 bits per heavy atom. The number of methoxy groups -OCH3 is 2. The number of alkyl carbamates (subject to hydrolysis) is 2. The number of likely N-dealkylation sites (tertiary alicyclic amines) is 2. The van der Waals surface area contributed by atoms with Gasteiger partial charge in [0.1, 0.15) is 17.9 Å². The third-order valence-electron chi connectivity index (χ3n) is 10.6. The molecule has 4 N–H and O–H groups in total. The van der Waals surface area contributed by atoms with E-state index < -0.39 is 24.3 Å². The minimum absolute atomic E-state index is 0.0837. The molecule has 2 aromatic carbocycles. The van der Waals surface area contributed by atoms with E-state index in [4.69, 9.17) is 9.47 Å². The highest BCUT2D eigenvalue weighted by molar-refractivity contribution is 5.87. The Hall–Kier alpha value is -5.59. The molecule has 0 radical (unpaired) electrons. The molecule has 1 unspecified atom stereocenters. The zero-order valence-electron chi connectivity index (χ0n) is 31.8. The van der Waals surface area contributed by atoms with Crippen LogP contribution in [-0.4, -0.2) is 88.1 Å². The van der Waals surface area contributed by atoms with Crippen molar-refractivity contribution in [1.29, 1.82) is 0 Å². The van der Waals surface area contributed by atoms with Gasteiger partial charge in [-0.25, -0.2) is 14.6 Å². The van der Waals surface area contributed by atoms with Crippen LogP contribution in [0.1, 0.15) is 77.0 Å². The lowest BCUT2D eigenvalue weighted by Crippen LogP contribution is -2.51. The van der Waals surface area contributed by atoms with Crippen LogP contribution >= 0.6 is 0 Å². The third-order valence-corrected chi connectivity index (χ3v) is 10.6. The summed E-state index contributed by atoms with van der Waals surface area (Å²) in [5, 5.41) is 5.41. The number of aromatic nitrogens is 3. The molecule has 0 spiro atoms. The standard InChI is InChI=1S/C41H51N7O6/c1-24(2)35(45-40(51)53-5)38(49)47-21-7-9-33(47)31-20-19-30(43-31)28-15-11-26(12-16-28)27-13-17-29(18-14-27)32-23-42-37(44-32)34-10-8-22-48(34)39(50)36(25(3)4)46-41(52)54-6/h11-20,23-25,33-36,43H,7-10,21-22H2,1-6H3,(H,42,44)(H,45,51)(H,46,52)/t33?,34-,35-,36-/m0/s1. The lowest BCUT2D eigenvalue weighted by Gasteiger charge is -2.30. The molecule has 286 valence electrons. The van der Waals surface area contributed by atoms with E-state index in [9.17, 15) is 19.2 Å². The van der Waals surface area contributed by atoms with Gasteiger partial charge in [-0.15, -0.1) is 0 Å². The summed E-state index contributed by atoms with van der Waals surface area (Å²) in [5.74, 6) is 0.304. The fourth-order valence-electron chi connectivity index (χ4n) is 7.54. The minimum Gasteiger partial charge on any atom is -0.453 e. The molecule has 0 saturated carbocycles. The Labute approximate surface area is 316 Å². The molecule has 13 heteroatoms. The van der Waals surface area contributed by atoms with Crippen molar-refractivity contribution in [1.82, 2.24) is 35.4 Å². The van der Waals surface area contributed by atoms with Gasteiger partial charge in [-0.1, -0.05) is 76.2 Å². The van der Waals surface area contributed by atoms with E-state index in [0.29, 0.717) is 13.1 Å². The zero-order valence-corrected chi connectivity index (χ0v) is 31.8. The van der Waals surface area contributed by atoms with Gasteiger partial charge in [0.05, 0.1) is 38.2 Å². The SMILES string of the molecule is COC(=O)N[C@H](C(=O)N1CCCC1c1ccc(-c2ccc(-c3ccc(-c4cnc([C@@H]5CCCN5C(=O)[C@@H](NC(=O)OC)C(C)C)[nH]4)cc3)cc2)[nH]1)C(C)C. The van der Waals surface area contributed by atoms with E-state index in [1.807, 2.05) is 49.6 Å². The molecule has 2 aliphatic rings. The molecule has 2 fully saturated rings. The summed E-state index contributed by atoms with van der Waals surface area (Å²) in [4.78, 5) is 66.3. The quantitative estimate of drug-likeness (QED) is 0.131. The molecule has 0 aliphatic carbocycles. The molecule has 4 amide bonds. The number of imidazole rings is 1. The Bertz CT molecular complexity index is 1790. The molecule has 2 aliphatic heterocycles.